The molecular weight excluding hydrogens is 240 g/mol. The molecule has 2 aliphatic rings. The van der Waals surface area contributed by atoms with E-state index in [1.165, 1.54) is 0 Å². The van der Waals surface area contributed by atoms with Crippen molar-refractivity contribution >= 4 is 11.6 Å². The van der Waals surface area contributed by atoms with Gasteiger partial charge < -0.3 is 15.3 Å². The van der Waals surface area contributed by atoms with Crippen molar-refractivity contribution < 1.29 is 9.90 Å². The first kappa shape index (κ1) is 12.5. The minimum Gasteiger partial charge on any atom is -0.393 e. The molecule has 19 heavy (non-hydrogen) atoms. The molecule has 4 nitrogen and oxygen atoms in total. The monoisotopic (exact) mass is 260 g/mol. The first-order valence-corrected chi connectivity index (χ1v) is 6.98. The Morgan fingerprint density at radius 2 is 1.89 bits per heavy atom. The number of aliphatic hydroxyl groups is 1. The van der Waals surface area contributed by atoms with E-state index in [1.807, 2.05) is 36.2 Å². The Morgan fingerprint density at radius 3 is 2.53 bits per heavy atom. The fourth-order valence-corrected chi connectivity index (χ4v) is 3.51. The van der Waals surface area contributed by atoms with Crippen molar-refractivity contribution in [2.45, 2.75) is 43.9 Å². The minimum absolute atomic E-state index is 0.101. The van der Waals surface area contributed by atoms with Crippen LogP contribution in [0.2, 0.25) is 0 Å². The normalized spacial score (nSPS) is 29.4. The number of aliphatic hydroxyl groups excluding tert-OH is 1. The number of benzene rings is 1. The number of fused-ring (bicyclic) bond motifs is 2. The van der Waals surface area contributed by atoms with E-state index >= 15 is 0 Å². The van der Waals surface area contributed by atoms with E-state index in [0.29, 0.717) is 0 Å². The predicted octanol–water partition coefficient (Wildman–Crippen LogP) is 1.86. The molecule has 2 N–H and O–H groups in total. The van der Waals surface area contributed by atoms with Gasteiger partial charge in [-0.1, -0.05) is 12.1 Å². The quantitative estimate of drug-likeness (QED) is 0.853. The average molecular weight is 260 g/mol. The van der Waals surface area contributed by atoms with E-state index in [2.05, 4.69) is 5.32 Å². The van der Waals surface area contributed by atoms with Crippen LogP contribution in [-0.4, -0.2) is 41.1 Å². The van der Waals surface area contributed by atoms with Gasteiger partial charge in [-0.3, -0.25) is 4.79 Å². The van der Waals surface area contributed by atoms with Crippen LogP contribution in [0, 0.1) is 0 Å². The number of carbonyl (C=O) groups excluding carboxylic acids is 1. The van der Waals surface area contributed by atoms with Gasteiger partial charge in [0.1, 0.15) is 0 Å². The van der Waals surface area contributed by atoms with Crippen LogP contribution in [0.25, 0.3) is 0 Å². The van der Waals surface area contributed by atoms with E-state index < -0.39 is 0 Å². The van der Waals surface area contributed by atoms with Crippen molar-refractivity contribution in [3.8, 4) is 0 Å². The van der Waals surface area contributed by atoms with Crippen LogP contribution in [0.15, 0.2) is 24.3 Å². The van der Waals surface area contributed by atoms with Crippen LogP contribution in [0.4, 0.5) is 5.69 Å². The zero-order valence-electron chi connectivity index (χ0n) is 11.2. The Morgan fingerprint density at radius 1 is 1.26 bits per heavy atom. The molecule has 1 aromatic carbocycles. The first-order valence-electron chi connectivity index (χ1n) is 6.98. The average Bonchev–Trinajstić information content (AvgIpc) is 2.70. The molecule has 0 aliphatic carbocycles. The lowest BCUT2D eigenvalue weighted by Gasteiger charge is -2.37. The lowest BCUT2D eigenvalue weighted by molar-refractivity contribution is 0.0287. The van der Waals surface area contributed by atoms with Crippen molar-refractivity contribution in [3.63, 3.8) is 0 Å². The van der Waals surface area contributed by atoms with Crippen molar-refractivity contribution in [1.29, 1.82) is 0 Å². The van der Waals surface area contributed by atoms with Crippen LogP contribution < -0.4 is 5.32 Å². The van der Waals surface area contributed by atoms with Gasteiger partial charge in [-0.25, -0.2) is 0 Å². The fourth-order valence-electron chi connectivity index (χ4n) is 3.51. The van der Waals surface area contributed by atoms with Crippen LogP contribution in [0.5, 0.6) is 0 Å². The van der Waals surface area contributed by atoms with Crippen molar-refractivity contribution in [1.82, 2.24) is 4.90 Å². The van der Waals surface area contributed by atoms with E-state index in [1.54, 1.807) is 0 Å². The maximum absolute atomic E-state index is 12.8. The highest BCUT2D eigenvalue weighted by molar-refractivity contribution is 6.00. The van der Waals surface area contributed by atoms with Gasteiger partial charge in [0.2, 0.25) is 0 Å². The van der Waals surface area contributed by atoms with Gasteiger partial charge in [0, 0.05) is 24.8 Å². The lowest BCUT2D eigenvalue weighted by atomic mass is 9.98. The van der Waals surface area contributed by atoms with Gasteiger partial charge in [-0.15, -0.1) is 0 Å². The third-order valence-electron chi connectivity index (χ3n) is 4.37. The number of carbonyl (C=O) groups is 1. The summed E-state index contributed by atoms with van der Waals surface area (Å²) < 4.78 is 0. The number of nitrogens with one attached hydrogen (secondary N) is 1. The molecule has 0 spiro atoms. The molecule has 2 fully saturated rings. The lowest BCUT2D eigenvalue weighted by Crippen LogP contribution is -2.48. The highest BCUT2D eigenvalue weighted by Gasteiger charge is 2.43. The van der Waals surface area contributed by atoms with Gasteiger partial charge >= 0.3 is 0 Å². The van der Waals surface area contributed by atoms with Crippen molar-refractivity contribution in [2.75, 3.05) is 12.4 Å². The molecule has 0 aromatic heterocycles. The number of hydrogen-bond acceptors (Lipinski definition) is 3. The number of amides is 1. The molecule has 2 saturated heterocycles. The molecule has 2 heterocycles. The van der Waals surface area contributed by atoms with Gasteiger partial charge in [0.05, 0.1) is 11.7 Å². The van der Waals surface area contributed by atoms with Crippen LogP contribution in [-0.2, 0) is 0 Å². The number of rotatable bonds is 2. The smallest absolute Gasteiger partial charge is 0.256 e. The predicted molar refractivity (Wildman–Crippen MR) is 74.2 cm³/mol. The van der Waals surface area contributed by atoms with E-state index in [9.17, 15) is 9.90 Å². The molecule has 2 aliphatic heterocycles. The summed E-state index contributed by atoms with van der Waals surface area (Å²) in [4.78, 5) is 14.8. The Hall–Kier alpha value is -1.55. The van der Waals surface area contributed by atoms with E-state index in [-0.39, 0.29) is 24.1 Å². The van der Waals surface area contributed by atoms with E-state index in [4.69, 9.17) is 0 Å². The summed E-state index contributed by atoms with van der Waals surface area (Å²) in [5, 5.41) is 12.9. The second kappa shape index (κ2) is 4.85. The number of anilines is 1. The van der Waals surface area contributed by atoms with Crippen LogP contribution in [0.3, 0.4) is 0 Å². The van der Waals surface area contributed by atoms with Crippen LogP contribution >= 0.6 is 0 Å². The second-order valence-electron chi connectivity index (χ2n) is 5.52. The molecule has 3 rings (SSSR count). The molecular formula is C15H20N2O2. The summed E-state index contributed by atoms with van der Waals surface area (Å²) in [5.41, 5.74) is 1.61. The zero-order chi connectivity index (χ0) is 13.4. The standard InChI is InChI=1S/C15H20N2O2/c1-16-14-5-3-2-4-13(14)15(19)17-10-6-7-11(17)9-12(18)8-10/h2-5,10-12,16,18H,6-9H2,1H3. The Labute approximate surface area is 113 Å². The number of para-hydroxylation sites is 1. The highest BCUT2D eigenvalue weighted by atomic mass is 16.3. The highest BCUT2D eigenvalue weighted by Crippen LogP contribution is 2.37. The second-order valence-corrected chi connectivity index (χ2v) is 5.52. The summed E-state index contributed by atoms with van der Waals surface area (Å²) >= 11 is 0. The maximum atomic E-state index is 12.8. The van der Waals surface area contributed by atoms with Crippen molar-refractivity contribution in [3.05, 3.63) is 29.8 Å². The molecule has 4 heteroatoms. The number of hydrogen-bond donors (Lipinski definition) is 2. The molecule has 1 aromatic rings. The SMILES string of the molecule is CNc1ccccc1C(=O)N1C2CCC1CC(O)C2. The van der Waals surface area contributed by atoms with E-state index in [0.717, 1.165) is 36.9 Å². The third kappa shape index (κ3) is 2.10. The first-order chi connectivity index (χ1) is 9.20. The molecule has 102 valence electrons. The van der Waals surface area contributed by atoms with Gasteiger partial charge in [0.25, 0.3) is 5.91 Å². The molecule has 2 bridgehead atoms. The summed E-state index contributed by atoms with van der Waals surface area (Å²) in [7, 11) is 1.83. The largest absolute Gasteiger partial charge is 0.393 e. The summed E-state index contributed by atoms with van der Waals surface area (Å²) in [6.45, 7) is 0. The summed E-state index contributed by atoms with van der Waals surface area (Å²) in [6, 6.07) is 8.05. The number of nitrogens with zero attached hydrogens (tertiary/aromatic N) is 1. The van der Waals surface area contributed by atoms with Gasteiger partial charge in [0.15, 0.2) is 0 Å². The van der Waals surface area contributed by atoms with Gasteiger partial charge in [-0.05, 0) is 37.8 Å². The molecule has 0 radical (unpaired) electrons. The summed E-state index contributed by atoms with van der Waals surface area (Å²) in [5.74, 6) is 0.101. The minimum atomic E-state index is -0.235. The fraction of sp³-hybridized carbons (Fsp3) is 0.533. The molecule has 2 unspecified atom stereocenters. The molecule has 2 atom stereocenters. The topological polar surface area (TPSA) is 52.6 Å². The zero-order valence-corrected chi connectivity index (χ0v) is 11.2. The molecule has 1 amide bonds. The van der Waals surface area contributed by atoms with Crippen molar-refractivity contribution in [2.24, 2.45) is 0 Å². The third-order valence-corrected chi connectivity index (χ3v) is 4.37. The number of piperidine rings is 1. The van der Waals surface area contributed by atoms with Crippen LogP contribution in [0.1, 0.15) is 36.0 Å². The van der Waals surface area contributed by atoms with Gasteiger partial charge in [-0.2, -0.15) is 0 Å². The Balaban J connectivity index is 1.89. The maximum Gasteiger partial charge on any atom is 0.256 e. The molecule has 0 saturated carbocycles. The Kier molecular flexibility index (Phi) is 3.19. The Bertz CT molecular complexity index is 475. The summed E-state index contributed by atoms with van der Waals surface area (Å²) in [6.07, 6.45) is 3.26.